The Hall–Kier alpha value is -4.16. The number of aliphatic carboxylic acids is 1. The highest BCUT2D eigenvalue weighted by Crippen LogP contribution is 2.40. The van der Waals surface area contributed by atoms with Crippen molar-refractivity contribution in [1.29, 1.82) is 0 Å². The standard InChI is InChI=1S/C33H34F7N3O3/c1-18-11-24(34)5-6-25(18)26-15-29(43-9-7-20(8-10-43)19(2)30(45)46)42-16-27(26)41-17-28(44)31(3,4)21-12-22(32(35,36)37)14-23(13-21)33(38,39)40/h5-6,11-16,19-20,41H,7-10,17H2,1-4H3,(H,45,46)/t19-/m1/s1. The van der Waals surface area contributed by atoms with E-state index in [1.54, 1.807) is 26.0 Å². The van der Waals surface area contributed by atoms with Gasteiger partial charge in [0.25, 0.3) is 0 Å². The molecule has 1 atom stereocenters. The third-order valence-corrected chi connectivity index (χ3v) is 8.77. The fraction of sp³-hybridized carbons (Fsp3) is 0.424. The number of pyridine rings is 1. The molecule has 0 bridgehead atoms. The van der Waals surface area contributed by atoms with Crippen LogP contribution in [-0.2, 0) is 27.4 Å². The van der Waals surface area contributed by atoms with Crippen LogP contribution in [0.4, 0.5) is 42.2 Å². The average molecular weight is 654 g/mol. The van der Waals surface area contributed by atoms with Crippen LogP contribution in [-0.4, -0.2) is 41.5 Å². The maximum Gasteiger partial charge on any atom is 0.416 e. The van der Waals surface area contributed by atoms with E-state index in [0.717, 1.165) is 0 Å². The topological polar surface area (TPSA) is 82.5 Å². The number of aryl methyl sites for hydroxylation is 1. The molecule has 2 heterocycles. The van der Waals surface area contributed by atoms with Crippen molar-refractivity contribution < 1.29 is 45.4 Å². The Morgan fingerprint density at radius 2 is 1.50 bits per heavy atom. The molecule has 2 aromatic carbocycles. The number of alkyl halides is 6. The summed E-state index contributed by atoms with van der Waals surface area (Å²) in [4.78, 5) is 31.4. The summed E-state index contributed by atoms with van der Waals surface area (Å²) in [7, 11) is 0. The van der Waals surface area contributed by atoms with E-state index >= 15 is 0 Å². The quantitative estimate of drug-likeness (QED) is 0.227. The van der Waals surface area contributed by atoms with Crippen molar-refractivity contribution in [2.75, 3.05) is 29.9 Å². The van der Waals surface area contributed by atoms with E-state index in [2.05, 4.69) is 10.3 Å². The zero-order chi connectivity index (χ0) is 34.2. The molecule has 0 amide bonds. The largest absolute Gasteiger partial charge is 0.481 e. The molecule has 248 valence electrons. The number of carboxylic acids is 1. The number of rotatable bonds is 9. The number of carbonyl (C=O) groups excluding carboxylic acids is 1. The van der Waals surface area contributed by atoms with Gasteiger partial charge in [-0.05, 0) is 92.6 Å². The SMILES string of the molecule is Cc1cc(F)ccc1-c1cc(N2CCC([C@@H](C)C(=O)O)CC2)ncc1NCC(=O)C(C)(C)c1cc(C(F)(F)F)cc(C(F)(F)F)c1. The number of nitrogens with one attached hydrogen (secondary N) is 1. The van der Waals surface area contributed by atoms with Gasteiger partial charge in [-0.25, -0.2) is 9.37 Å². The molecule has 0 aliphatic carbocycles. The molecule has 0 saturated carbocycles. The number of ketones is 1. The van der Waals surface area contributed by atoms with Crippen LogP contribution < -0.4 is 10.2 Å². The fourth-order valence-corrected chi connectivity index (χ4v) is 5.61. The summed E-state index contributed by atoms with van der Waals surface area (Å²) < 4.78 is 94.9. The first-order valence-corrected chi connectivity index (χ1v) is 14.6. The second-order valence-corrected chi connectivity index (χ2v) is 12.2. The third-order valence-electron chi connectivity index (χ3n) is 8.77. The Bertz CT molecular complexity index is 1580. The van der Waals surface area contributed by atoms with Crippen molar-refractivity contribution in [3.8, 4) is 11.1 Å². The third kappa shape index (κ3) is 7.61. The van der Waals surface area contributed by atoms with E-state index < -0.39 is 64.5 Å². The second-order valence-electron chi connectivity index (χ2n) is 12.2. The van der Waals surface area contributed by atoms with E-state index in [9.17, 15) is 45.4 Å². The molecule has 0 radical (unpaired) electrons. The van der Waals surface area contributed by atoms with Crippen molar-refractivity contribution in [2.45, 2.75) is 58.3 Å². The lowest BCUT2D eigenvalue weighted by molar-refractivity contribution is -0.144. The number of nitrogens with zero attached hydrogens (tertiary/aromatic N) is 2. The van der Waals surface area contributed by atoms with E-state index in [1.165, 1.54) is 32.2 Å². The van der Waals surface area contributed by atoms with Gasteiger partial charge in [-0.3, -0.25) is 9.59 Å². The number of hydrogen-bond acceptors (Lipinski definition) is 5. The highest BCUT2D eigenvalue weighted by atomic mass is 19.4. The molecule has 13 heteroatoms. The highest BCUT2D eigenvalue weighted by Gasteiger charge is 2.40. The molecule has 0 spiro atoms. The van der Waals surface area contributed by atoms with E-state index in [1.807, 2.05) is 4.90 Å². The van der Waals surface area contributed by atoms with Crippen LogP contribution in [0.1, 0.15) is 55.9 Å². The molecule has 1 aromatic heterocycles. The zero-order valence-electron chi connectivity index (χ0n) is 25.6. The number of aromatic nitrogens is 1. The van der Waals surface area contributed by atoms with Gasteiger partial charge in [0.05, 0.1) is 40.9 Å². The number of carboxylic acid groups (broad SMARTS) is 1. The fourth-order valence-electron chi connectivity index (χ4n) is 5.61. The van der Waals surface area contributed by atoms with Gasteiger partial charge in [0, 0.05) is 18.7 Å². The first kappa shape index (κ1) is 34.7. The normalized spacial score (nSPS) is 15.5. The van der Waals surface area contributed by atoms with Crippen LogP contribution in [0.2, 0.25) is 0 Å². The summed E-state index contributed by atoms with van der Waals surface area (Å²) in [6, 6.07) is 7.03. The molecule has 1 aliphatic rings. The van der Waals surface area contributed by atoms with Crippen molar-refractivity contribution in [3.63, 3.8) is 0 Å². The van der Waals surface area contributed by atoms with Gasteiger partial charge >= 0.3 is 18.3 Å². The molecule has 4 rings (SSSR count). The van der Waals surface area contributed by atoms with Crippen LogP contribution in [0.25, 0.3) is 11.1 Å². The van der Waals surface area contributed by atoms with Gasteiger partial charge in [-0.15, -0.1) is 0 Å². The predicted octanol–water partition coefficient (Wildman–Crippen LogP) is 8.13. The molecule has 46 heavy (non-hydrogen) atoms. The van der Waals surface area contributed by atoms with Crippen LogP contribution >= 0.6 is 0 Å². The lowest BCUT2D eigenvalue weighted by Crippen LogP contribution is -2.37. The lowest BCUT2D eigenvalue weighted by Gasteiger charge is -2.34. The molecule has 1 saturated heterocycles. The van der Waals surface area contributed by atoms with Crippen LogP contribution in [0, 0.1) is 24.6 Å². The summed E-state index contributed by atoms with van der Waals surface area (Å²) in [5, 5.41) is 12.3. The second kappa shape index (κ2) is 12.9. The van der Waals surface area contributed by atoms with E-state index in [-0.39, 0.29) is 12.0 Å². The highest BCUT2D eigenvalue weighted by molar-refractivity contribution is 5.94. The molecular weight excluding hydrogens is 619 g/mol. The Balaban J connectivity index is 1.63. The van der Waals surface area contributed by atoms with E-state index in [4.69, 9.17) is 0 Å². The van der Waals surface area contributed by atoms with Crippen LogP contribution in [0.5, 0.6) is 0 Å². The molecular formula is C33H34F7N3O3. The number of Topliss-reactive ketones (excluding diaryl/α,β-unsaturated/α-hetero) is 1. The monoisotopic (exact) mass is 653 g/mol. The molecule has 1 fully saturated rings. The minimum absolute atomic E-state index is 0.00640. The summed E-state index contributed by atoms with van der Waals surface area (Å²) in [6.07, 6.45) is -7.39. The number of hydrogen-bond donors (Lipinski definition) is 2. The molecule has 3 aromatic rings. The number of benzene rings is 2. The first-order chi connectivity index (χ1) is 21.3. The lowest BCUT2D eigenvalue weighted by atomic mass is 9.79. The van der Waals surface area contributed by atoms with Crippen LogP contribution in [0.15, 0.2) is 48.7 Å². The number of piperidine rings is 1. The van der Waals surface area contributed by atoms with Gasteiger partial charge in [0.15, 0.2) is 5.78 Å². The predicted molar refractivity (Wildman–Crippen MR) is 159 cm³/mol. The van der Waals surface area contributed by atoms with Crippen LogP contribution in [0.3, 0.4) is 0 Å². The van der Waals surface area contributed by atoms with Crippen molar-refractivity contribution >= 4 is 23.3 Å². The van der Waals surface area contributed by atoms with E-state index in [0.29, 0.717) is 66.3 Å². The number of carbonyl (C=O) groups is 2. The van der Waals surface area contributed by atoms with Gasteiger partial charge in [0.1, 0.15) is 11.6 Å². The Labute approximate surface area is 261 Å². The van der Waals surface area contributed by atoms with Gasteiger partial charge < -0.3 is 15.3 Å². The Morgan fingerprint density at radius 3 is 2.02 bits per heavy atom. The summed E-state index contributed by atoms with van der Waals surface area (Å²) in [5.74, 6) is -1.91. The summed E-state index contributed by atoms with van der Waals surface area (Å²) >= 11 is 0. The summed E-state index contributed by atoms with van der Waals surface area (Å²) in [6.45, 7) is 6.53. The molecule has 2 N–H and O–H groups in total. The minimum Gasteiger partial charge on any atom is -0.481 e. The van der Waals surface area contributed by atoms with Gasteiger partial charge in [0.2, 0.25) is 0 Å². The summed E-state index contributed by atoms with van der Waals surface area (Å²) in [5.41, 5.74) is -3.13. The molecule has 6 nitrogen and oxygen atoms in total. The smallest absolute Gasteiger partial charge is 0.416 e. The number of anilines is 2. The van der Waals surface area contributed by atoms with Crippen molar-refractivity contribution in [1.82, 2.24) is 4.98 Å². The minimum atomic E-state index is -5.06. The Morgan fingerprint density at radius 1 is 0.935 bits per heavy atom. The van der Waals surface area contributed by atoms with Crippen molar-refractivity contribution in [2.24, 2.45) is 11.8 Å². The maximum absolute atomic E-state index is 14.0. The average Bonchev–Trinajstić information content (AvgIpc) is 2.98. The Kier molecular flexibility index (Phi) is 9.75. The van der Waals surface area contributed by atoms with Gasteiger partial charge in [-0.1, -0.05) is 13.0 Å². The molecule has 1 aliphatic heterocycles. The first-order valence-electron chi connectivity index (χ1n) is 14.6. The van der Waals surface area contributed by atoms with Gasteiger partial charge in [-0.2, -0.15) is 26.3 Å². The molecule has 0 unspecified atom stereocenters. The van der Waals surface area contributed by atoms with Crippen molar-refractivity contribution in [3.05, 3.63) is 76.7 Å². The zero-order valence-corrected chi connectivity index (χ0v) is 25.6. The number of halogens is 7. The maximum atomic E-state index is 14.0.